The first-order chi connectivity index (χ1) is 16.2. The van der Waals surface area contributed by atoms with Crippen LogP contribution in [0.15, 0.2) is 30.9 Å². The van der Waals surface area contributed by atoms with E-state index in [4.69, 9.17) is 9.47 Å². The summed E-state index contributed by atoms with van der Waals surface area (Å²) in [5.74, 6) is 0.724. The van der Waals surface area contributed by atoms with Gasteiger partial charge in [-0.2, -0.15) is 0 Å². The van der Waals surface area contributed by atoms with Crippen LogP contribution < -0.4 is 15.0 Å². The second-order valence-electron chi connectivity index (χ2n) is 8.54. The Morgan fingerprint density at radius 3 is 2.64 bits per heavy atom. The molecule has 1 aliphatic carbocycles. The zero-order valence-electron chi connectivity index (χ0n) is 18.8. The summed E-state index contributed by atoms with van der Waals surface area (Å²) in [5, 5.41) is 3.27. The minimum Gasteiger partial charge on any atom is -0.488 e. The zero-order chi connectivity index (χ0) is 22.6. The highest BCUT2D eigenvalue weighted by atomic mass is 19.1. The van der Waals surface area contributed by atoms with Crippen molar-refractivity contribution >= 4 is 22.5 Å². The van der Waals surface area contributed by atoms with Crippen LogP contribution in [0.5, 0.6) is 5.75 Å². The third kappa shape index (κ3) is 4.83. The fraction of sp³-hybridized carbons (Fsp3) is 0.500. The van der Waals surface area contributed by atoms with E-state index in [0.29, 0.717) is 17.9 Å². The predicted octanol–water partition coefficient (Wildman–Crippen LogP) is 3.76. The molecule has 2 aliphatic rings. The molecular formula is C24H29FN6O2. The summed E-state index contributed by atoms with van der Waals surface area (Å²) in [6.45, 7) is 5.03. The maximum Gasteiger partial charge on any atom is 0.186 e. The van der Waals surface area contributed by atoms with E-state index in [2.05, 4.69) is 42.3 Å². The van der Waals surface area contributed by atoms with Crippen LogP contribution in [0.3, 0.4) is 0 Å². The molecule has 0 unspecified atom stereocenters. The molecule has 1 saturated heterocycles. The van der Waals surface area contributed by atoms with E-state index >= 15 is 0 Å². The molecule has 3 heterocycles. The molecule has 2 aromatic heterocycles. The van der Waals surface area contributed by atoms with Crippen molar-refractivity contribution < 1.29 is 13.9 Å². The number of fused-ring (bicyclic) bond motifs is 1. The summed E-state index contributed by atoms with van der Waals surface area (Å²) < 4.78 is 26.5. The molecule has 1 saturated carbocycles. The summed E-state index contributed by atoms with van der Waals surface area (Å²) >= 11 is 0. The van der Waals surface area contributed by atoms with Gasteiger partial charge >= 0.3 is 0 Å². The minimum atomic E-state index is -0.344. The maximum atomic E-state index is 14.5. The first kappa shape index (κ1) is 21.8. The molecule has 0 bridgehead atoms. The van der Waals surface area contributed by atoms with Gasteiger partial charge in [0.2, 0.25) is 0 Å². The van der Waals surface area contributed by atoms with Gasteiger partial charge in [-0.3, -0.25) is 4.98 Å². The van der Waals surface area contributed by atoms with Crippen LogP contribution in [-0.4, -0.2) is 58.4 Å². The summed E-state index contributed by atoms with van der Waals surface area (Å²) in [6.07, 6.45) is 8.95. The van der Waals surface area contributed by atoms with E-state index in [0.717, 1.165) is 74.5 Å². The van der Waals surface area contributed by atoms with Gasteiger partial charge in [-0.1, -0.05) is 6.92 Å². The highest BCUT2D eigenvalue weighted by Crippen LogP contribution is 2.33. The van der Waals surface area contributed by atoms with Crippen molar-refractivity contribution in [3.05, 3.63) is 42.4 Å². The van der Waals surface area contributed by atoms with Crippen molar-refractivity contribution in [2.75, 3.05) is 36.5 Å². The molecule has 3 aromatic rings. The highest BCUT2D eigenvalue weighted by molar-refractivity contribution is 5.85. The van der Waals surface area contributed by atoms with E-state index in [1.807, 2.05) is 6.92 Å². The molecule has 1 aromatic carbocycles. The van der Waals surface area contributed by atoms with Gasteiger partial charge in [0.1, 0.15) is 17.6 Å². The van der Waals surface area contributed by atoms with Gasteiger partial charge in [0.25, 0.3) is 0 Å². The number of hydrogen-bond donors (Lipinski definition) is 1. The Labute approximate surface area is 192 Å². The van der Waals surface area contributed by atoms with E-state index in [-0.39, 0.29) is 18.0 Å². The number of ether oxygens (including phenoxy) is 2. The number of nitrogens with one attached hydrogen (secondary N) is 1. The molecule has 33 heavy (non-hydrogen) atoms. The average Bonchev–Trinajstić information content (AvgIpc) is 2.87. The van der Waals surface area contributed by atoms with E-state index in [1.54, 1.807) is 12.4 Å². The number of benzene rings is 1. The van der Waals surface area contributed by atoms with Gasteiger partial charge in [-0.05, 0) is 38.2 Å². The Hall–Kier alpha value is -3.07. The van der Waals surface area contributed by atoms with Gasteiger partial charge in [0, 0.05) is 43.3 Å². The lowest BCUT2D eigenvalue weighted by Gasteiger charge is -2.31. The molecule has 0 radical (unpaired) electrons. The van der Waals surface area contributed by atoms with Gasteiger partial charge in [0.05, 0.1) is 30.5 Å². The van der Waals surface area contributed by atoms with Gasteiger partial charge < -0.3 is 19.7 Å². The normalized spacial score (nSPS) is 21.2. The number of morpholine rings is 1. The summed E-state index contributed by atoms with van der Waals surface area (Å²) in [7, 11) is 0. The van der Waals surface area contributed by atoms with Crippen LogP contribution in [0.2, 0.25) is 0 Å². The molecular weight excluding hydrogens is 423 g/mol. The largest absolute Gasteiger partial charge is 0.488 e. The second-order valence-corrected chi connectivity index (χ2v) is 8.54. The lowest BCUT2D eigenvalue weighted by molar-refractivity contribution is 0.122. The van der Waals surface area contributed by atoms with E-state index in [1.165, 1.54) is 6.33 Å². The Balaban J connectivity index is 1.27. The summed E-state index contributed by atoms with van der Waals surface area (Å²) in [6, 6.07) is 4.31. The first-order valence-electron chi connectivity index (χ1n) is 11.7. The van der Waals surface area contributed by atoms with Gasteiger partial charge in [0.15, 0.2) is 11.6 Å². The number of aromatic nitrogens is 4. The van der Waals surface area contributed by atoms with Crippen LogP contribution in [0, 0.1) is 5.82 Å². The second kappa shape index (κ2) is 9.82. The van der Waals surface area contributed by atoms with Crippen LogP contribution in [0.1, 0.15) is 38.3 Å². The van der Waals surface area contributed by atoms with Crippen LogP contribution in [-0.2, 0) is 11.2 Å². The molecule has 1 aliphatic heterocycles. The summed E-state index contributed by atoms with van der Waals surface area (Å²) in [4.78, 5) is 19.4. The molecule has 5 rings (SSSR count). The van der Waals surface area contributed by atoms with Crippen LogP contribution in [0.4, 0.5) is 15.9 Å². The molecule has 9 heteroatoms. The SMILES string of the molecule is CCc1ncnc(N[C@H]2CC[C@@H](Oc3cc(N4CCOCC4)cc4nccnc34)CC2)c1F. The number of hydrogen-bond acceptors (Lipinski definition) is 8. The zero-order valence-corrected chi connectivity index (χ0v) is 18.8. The lowest BCUT2D eigenvalue weighted by atomic mass is 9.93. The molecule has 1 N–H and O–H groups in total. The highest BCUT2D eigenvalue weighted by Gasteiger charge is 2.25. The van der Waals surface area contributed by atoms with Crippen LogP contribution >= 0.6 is 0 Å². The molecule has 0 amide bonds. The number of aryl methyl sites for hydroxylation is 1. The monoisotopic (exact) mass is 452 g/mol. The Kier molecular flexibility index (Phi) is 6.48. The number of nitrogens with zero attached hydrogens (tertiary/aromatic N) is 5. The maximum absolute atomic E-state index is 14.5. The quantitative estimate of drug-likeness (QED) is 0.605. The molecule has 0 spiro atoms. The fourth-order valence-corrected chi connectivity index (χ4v) is 4.57. The molecule has 2 fully saturated rings. The lowest BCUT2D eigenvalue weighted by Crippen LogP contribution is -2.36. The van der Waals surface area contributed by atoms with E-state index < -0.39 is 0 Å². The van der Waals surface area contributed by atoms with Crippen molar-refractivity contribution in [3.8, 4) is 5.75 Å². The average molecular weight is 453 g/mol. The fourth-order valence-electron chi connectivity index (χ4n) is 4.57. The number of rotatable bonds is 6. The summed E-state index contributed by atoms with van der Waals surface area (Å²) in [5.41, 5.74) is 3.14. The number of halogens is 1. The minimum absolute atomic E-state index is 0.0784. The molecule has 174 valence electrons. The van der Waals surface area contributed by atoms with Crippen LogP contribution in [0.25, 0.3) is 11.0 Å². The predicted molar refractivity (Wildman–Crippen MR) is 124 cm³/mol. The van der Waals surface area contributed by atoms with Crippen molar-refractivity contribution in [2.45, 2.75) is 51.2 Å². The Bertz CT molecular complexity index is 1100. The van der Waals surface area contributed by atoms with Crippen molar-refractivity contribution in [1.82, 2.24) is 19.9 Å². The van der Waals surface area contributed by atoms with Gasteiger partial charge in [-0.15, -0.1) is 0 Å². The molecule has 0 atom stereocenters. The topological polar surface area (TPSA) is 85.3 Å². The Morgan fingerprint density at radius 2 is 1.85 bits per heavy atom. The third-order valence-electron chi connectivity index (χ3n) is 6.40. The third-order valence-corrected chi connectivity index (χ3v) is 6.40. The number of anilines is 2. The molecule has 8 nitrogen and oxygen atoms in total. The van der Waals surface area contributed by atoms with Crippen molar-refractivity contribution in [3.63, 3.8) is 0 Å². The van der Waals surface area contributed by atoms with Crippen molar-refractivity contribution in [1.29, 1.82) is 0 Å². The van der Waals surface area contributed by atoms with E-state index in [9.17, 15) is 4.39 Å². The standard InChI is InChI=1S/C24H29FN6O2/c1-2-19-22(25)24(29-15-28-19)30-16-3-5-18(6-4-16)33-21-14-17(31-9-11-32-12-10-31)13-20-23(21)27-8-7-26-20/h7-8,13-16,18H,2-6,9-12H2,1H3,(H,28,29,30)/t16-,18+. The van der Waals surface area contributed by atoms with Gasteiger partial charge in [-0.25, -0.2) is 19.3 Å². The first-order valence-corrected chi connectivity index (χ1v) is 11.7. The smallest absolute Gasteiger partial charge is 0.186 e. The Morgan fingerprint density at radius 1 is 1.06 bits per heavy atom. The van der Waals surface area contributed by atoms with Crippen molar-refractivity contribution in [2.24, 2.45) is 0 Å².